The highest BCUT2D eigenvalue weighted by Crippen LogP contribution is 2.37. The summed E-state index contributed by atoms with van der Waals surface area (Å²) in [4.78, 5) is 14.9. The molecule has 0 spiro atoms. The largest absolute Gasteiger partial charge is 0.467 e. The predicted molar refractivity (Wildman–Crippen MR) is 122 cm³/mol. The number of azide groups is 1. The van der Waals surface area contributed by atoms with Gasteiger partial charge in [-0.05, 0) is 27.4 Å². The number of ether oxygens (including phenoxy) is 2. The minimum atomic E-state index is -2.76. The number of esters is 1. The molecule has 2 aromatic carbocycles. The van der Waals surface area contributed by atoms with Crippen molar-refractivity contribution in [1.82, 2.24) is 0 Å². The minimum Gasteiger partial charge on any atom is -0.467 e. The molecule has 2 aromatic rings. The highest BCUT2D eigenvalue weighted by Gasteiger charge is 2.51. The van der Waals surface area contributed by atoms with Crippen molar-refractivity contribution in [1.29, 1.82) is 0 Å². The lowest BCUT2D eigenvalue weighted by molar-refractivity contribution is -0.153. The SMILES string of the molecule is COC(=O)[C@H]1C[C@@H](N=[N+]=[N-])[C@@H](CO[Si](c2ccccc2)(c2ccccc2)C(C)(C)C)O1. The number of benzene rings is 2. The van der Waals surface area contributed by atoms with E-state index in [9.17, 15) is 4.79 Å². The third-order valence-corrected chi connectivity index (χ3v) is 10.8. The van der Waals surface area contributed by atoms with Crippen LogP contribution in [0.2, 0.25) is 5.04 Å². The van der Waals surface area contributed by atoms with E-state index in [1.165, 1.54) is 7.11 Å². The van der Waals surface area contributed by atoms with Crippen molar-refractivity contribution in [2.75, 3.05) is 13.7 Å². The van der Waals surface area contributed by atoms with Crippen LogP contribution in [0.5, 0.6) is 0 Å². The molecular weight excluding hydrogens is 410 g/mol. The van der Waals surface area contributed by atoms with Gasteiger partial charge in [0.05, 0.1) is 25.9 Å². The molecule has 0 unspecified atom stereocenters. The second-order valence-corrected chi connectivity index (χ2v) is 13.0. The summed E-state index contributed by atoms with van der Waals surface area (Å²) in [6, 6.07) is 20.1. The Morgan fingerprint density at radius 1 is 1.13 bits per heavy atom. The second-order valence-electron chi connectivity index (χ2n) is 8.67. The molecule has 1 saturated heterocycles. The zero-order valence-corrected chi connectivity index (χ0v) is 19.4. The molecule has 0 aliphatic carbocycles. The number of hydrogen-bond acceptors (Lipinski definition) is 5. The maximum atomic E-state index is 12.0. The van der Waals surface area contributed by atoms with Gasteiger partial charge < -0.3 is 13.9 Å². The molecule has 0 aromatic heterocycles. The van der Waals surface area contributed by atoms with Crippen LogP contribution in [0, 0.1) is 0 Å². The van der Waals surface area contributed by atoms with Crippen molar-refractivity contribution in [3.05, 3.63) is 71.1 Å². The van der Waals surface area contributed by atoms with Crippen LogP contribution in [0.4, 0.5) is 0 Å². The zero-order valence-electron chi connectivity index (χ0n) is 18.4. The fourth-order valence-corrected chi connectivity index (χ4v) is 8.89. The molecule has 31 heavy (non-hydrogen) atoms. The van der Waals surface area contributed by atoms with Crippen LogP contribution in [0.15, 0.2) is 65.8 Å². The van der Waals surface area contributed by atoms with Crippen LogP contribution in [-0.4, -0.2) is 46.3 Å². The van der Waals surface area contributed by atoms with Gasteiger partial charge in [0.15, 0.2) is 6.10 Å². The van der Waals surface area contributed by atoms with Crippen molar-refractivity contribution < 1.29 is 18.7 Å². The van der Waals surface area contributed by atoms with Gasteiger partial charge >= 0.3 is 5.97 Å². The maximum Gasteiger partial charge on any atom is 0.334 e. The lowest BCUT2D eigenvalue weighted by Crippen LogP contribution is -2.67. The van der Waals surface area contributed by atoms with E-state index < -0.39 is 32.5 Å². The highest BCUT2D eigenvalue weighted by atomic mass is 28.4. The van der Waals surface area contributed by atoms with Gasteiger partial charge in [-0.2, -0.15) is 0 Å². The molecule has 7 nitrogen and oxygen atoms in total. The summed E-state index contributed by atoms with van der Waals surface area (Å²) in [5.74, 6) is -0.467. The van der Waals surface area contributed by atoms with Gasteiger partial charge in [-0.3, -0.25) is 0 Å². The summed E-state index contributed by atoms with van der Waals surface area (Å²) in [7, 11) is -1.44. The molecule has 1 heterocycles. The number of methoxy groups -OCH3 is 1. The Labute approximate surface area is 184 Å². The Kier molecular flexibility index (Phi) is 7.18. The summed E-state index contributed by atoms with van der Waals surface area (Å²) in [6.07, 6.45) is -0.999. The first-order valence-electron chi connectivity index (χ1n) is 10.4. The first kappa shape index (κ1) is 23.0. The Morgan fingerprint density at radius 2 is 1.68 bits per heavy atom. The smallest absolute Gasteiger partial charge is 0.334 e. The van der Waals surface area contributed by atoms with Gasteiger partial charge in [0.2, 0.25) is 0 Å². The van der Waals surface area contributed by atoms with Gasteiger partial charge in [-0.1, -0.05) is 86.5 Å². The fraction of sp³-hybridized carbons (Fsp3) is 0.435. The van der Waals surface area contributed by atoms with Gasteiger partial charge in [0.1, 0.15) is 0 Å². The molecule has 8 heteroatoms. The molecule has 0 bridgehead atoms. The van der Waals surface area contributed by atoms with Crippen molar-refractivity contribution in [2.24, 2.45) is 5.11 Å². The van der Waals surface area contributed by atoms with E-state index in [2.05, 4.69) is 55.1 Å². The number of rotatable bonds is 7. The molecule has 3 rings (SSSR count). The van der Waals surface area contributed by atoms with E-state index in [1.54, 1.807) is 0 Å². The quantitative estimate of drug-likeness (QED) is 0.217. The fourth-order valence-electron chi connectivity index (χ4n) is 4.32. The standard InChI is InChI=1S/C23H29N3O4Si/c1-23(2,3)31(17-11-7-5-8-12-17,18-13-9-6-10-14-18)29-16-21-19(25-26-24)15-20(30-21)22(27)28-4/h5-14,19-21H,15-16H2,1-4H3/t19-,20-,21-/m1/s1. The van der Waals surface area contributed by atoms with Gasteiger partial charge in [-0.15, -0.1) is 0 Å². The monoisotopic (exact) mass is 439 g/mol. The number of nitrogens with zero attached hydrogens (tertiary/aromatic N) is 3. The molecule has 1 aliphatic rings. The molecule has 164 valence electrons. The van der Waals surface area contributed by atoms with E-state index >= 15 is 0 Å². The van der Waals surface area contributed by atoms with Crippen molar-refractivity contribution in [3.8, 4) is 0 Å². The Hall–Kier alpha value is -2.64. The maximum absolute atomic E-state index is 12.0. The average Bonchev–Trinajstić information content (AvgIpc) is 3.17. The Bertz CT molecular complexity index is 887. The Balaban J connectivity index is 1.99. The van der Waals surface area contributed by atoms with Crippen molar-refractivity contribution in [3.63, 3.8) is 0 Å². The normalized spacial score (nSPS) is 21.4. The molecule has 0 saturated carbocycles. The minimum absolute atomic E-state index is 0.190. The molecule has 0 amide bonds. The summed E-state index contributed by atoms with van der Waals surface area (Å²) in [5.41, 5.74) is 8.99. The topological polar surface area (TPSA) is 93.5 Å². The van der Waals surface area contributed by atoms with Gasteiger partial charge in [0, 0.05) is 4.91 Å². The predicted octanol–water partition coefficient (Wildman–Crippen LogP) is 3.57. The van der Waals surface area contributed by atoms with E-state index in [0.717, 1.165) is 10.4 Å². The van der Waals surface area contributed by atoms with E-state index in [-0.39, 0.29) is 18.1 Å². The first-order chi connectivity index (χ1) is 14.8. The molecule has 3 atom stereocenters. The second kappa shape index (κ2) is 9.66. The lowest BCUT2D eigenvalue weighted by Gasteiger charge is -2.43. The Morgan fingerprint density at radius 3 is 2.13 bits per heavy atom. The first-order valence-corrected chi connectivity index (χ1v) is 12.3. The summed E-state index contributed by atoms with van der Waals surface area (Å²) in [5, 5.41) is 5.97. The van der Waals surface area contributed by atoms with Gasteiger partial charge in [-0.25, -0.2) is 4.79 Å². The summed E-state index contributed by atoms with van der Waals surface area (Å²) < 4.78 is 17.6. The molecule has 0 radical (unpaired) electrons. The average molecular weight is 440 g/mol. The van der Waals surface area contributed by atoms with Crippen molar-refractivity contribution >= 4 is 24.7 Å². The molecule has 1 fully saturated rings. The number of carbonyl (C=O) groups is 1. The van der Waals surface area contributed by atoms with Crippen LogP contribution < -0.4 is 10.4 Å². The van der Waals surface area contributed by atoms with Crippen LogP contribution in [0.1, 0.15) is 27.2 Å². The third-order valence-electron chi connectivity index (χ3n) is 5.77. The summed E-state index contributed by atoms with van der Waals surface area (Å²) >= 11 is 0. The van der Waals surface area contributed by atoms with E-state index in [4.69, 9.17) is 19.4 Å². The molecule has 1 aliphatic heterocycles. The van der Waals surface area contributed by atoms with Crippen LogP contribution in [0.25, 0.3) is 10.4 Å². The van der Waals surface area contributed by atoms with E-state index in [1.807, 2.05) is 36.4 Å². The summed E-state index contributed by atoms with van der Waals surface area (Å²) in [6.45, 7) is 6.79. The molecule has 0 N–H and O–H groups in total. The number of hydrogen-bond donors (Lipinski definition) is 0. The zero-order chi connectivity index (χ0) is 22.5. The van der Waals surface area contributed by atoms with Gasteiger partial charge in [0.25, 0.3) is 8.32 Å². The van der Waals surface area contributed by atoms with E-state index in [0.29, 0.717) is 0 Å². The van der Waals surface area contributed by atoms with Crippen molar-refractivity contribution in [2.45, 2.75) is 50.5 Å². The highest BCUT2D eigenvalue weighted by molar-refractivity contribution is 6.99. The number of carbonyl (C=O) groups excluding carboxylic acids is 1. The van der Waals surface area contributed by atoms with Crippen LogP contribution >= 0.6 is 0 Å². The lowest BCUT2D eigenvalue weighted by atomic mass is 10.1. The third kappa shape index (κ3) is 4.67. The van der Waals surface area contributed by atoms with Crippen LogP contribution in [-0.2, 0) is 18.7 Å². The van der Waals surface area contributed by atoms with Crippen LogP contribution in [0.3, 0.4) is 0 Å². The molecular formula is C23H29N3O4Si.